The topological polar surface area (TPSA) is 74.8 Å². The van der Waals surface area contributed by atoms with Gasteiger partial charge in [-0.3, -0.25) is 4.79 Å². The van der Waals surface area contributed by atoms with Crippen LogP contribution in [0.2, 0.25) is 0 Å². The van der Waals surface area contributed by atoms with E-state index in [9.17, 15) is 4.79 Å². The standard InChI is InChI=1S/C20H25N5O2S/c1-13-8-6-7-9-18(13)25-20(21-22-23-25)28-12-19(26)17-10-14(2)24(16(17)4)15(3)11-27-5/h6-10,15H,11-12H2,1-5H3/t15-/m1/s1. The summed E-state index contributed by atoms with van der Waals surface area (Å²) in [5, 5.41) is 12.6. The van der Waals surface area contributed by atoms with Crippen molar-refractivity contribution in [2.75, 3.05) is 19.5 Å². The fourth-order valence-corrected chi connectivity index (χ4v) is 4.25. The molecule has 0 amide bonds. The Kier molecular flexibility index (Phi) is 6.31. The van der Waals surface area contributed by atoms with Crippen LogP contribution in [0.25, 0.3) is 5.69 Å². The molecule has 0 radical (unpaired) electrons. The Bertz CT molecular complexity index is 979. The SMILES string of the molecule is COC[C@@H](C)n1c(C)cc(C(=O)CSc2nnnn2-c2ccccc2C)c1C. The lowest BCUT2D eigenvalue weighted by molar-refractivity contribution is 0.102. The molecule has 1 atom stereocenters. The third kappa shape index (κ3) is 4.02. The number of aromatic nitrogens is 5. The summed E-state index contributed by atoms with van der Waals surface area (Å²) < 4.78 is 9.09. The van der Waals surface area contributed by atoms with Gasteiger partial charge >= 0.3 is 0 Å². The molecule has 0 saturated heterocycles. The van der Waals surface area contributed by atoms with Gasteiger partial charge in [-0.1, -0.05) is 30.0 Å². The molecule has 2 aromatic heterocycles. The zero-order valence-corrected chi connectivity index (χ0v) is 17.7. The molecular formula is C20H25N5O2S. The largest absolute Gasteiger partial charge is 0.383 e. The van der Waals surface area contributed by atoms with Gasteiger partial charge in [0, 0.05) is 24.1 Å². The summed E-state index contributed by atoms with van der Waals surface area (Å²) in [6.45, 7) is 8.69. The van der Waals surface area contributed by atoms with E-state index in [0.29, 0.717) is 11.8 Å². The first-order valence-electron chi connectivity index (χ1n) is 9.11. The number of ketones is 1. The van der Waals surface area contributed by atoms with Crippen molar-refractivity contribution in [2.24, 2.45) is 0 Å². The first-order chi connectivity index (χ1) is 13.4. The van der Waals surface area contributed by atoms with Crippen molar-refractivity contribution in [3.05, 3.63) is 52.8 Å². The number of Topliss-reactive ketones (excluding diaryl/α,β-unsaturated/α-hetero) is 1. The van der Waals surface area contributed by atoms with Gasteiger partial charge in [-0.05, 0) is 55.8 Å². The van der Waals surface area contributed by atoms with E-state index in [1.54, 1.807) is 11.8 Å². The molecular weight excluding hydrogens is 374 g/mol. The molecule has 3 aromatic rings. The first kappa shape index (κ1) is 20.3. The van der Waals surface area contributed by atoms with Crippen LogP contribution in [0.3, 0.4) is 0 Å². The van der Waals surface area contributed by atoms with Gasteiger partial charge in [0.05, 0.1) is 24.1 Å². The lowest BCUT2D eigenvalue weighted by Gasteiger charge is -2.17. The van der Waals surface area contributed by atoms with E-state index in [4.69, 9.17) is 4.74 Å². The molecule has 0 spiro atoms. The maximum Gasteiger partial charge on any atom is 0.214 e. The van der Waals surface area contributed by atoms with Crippen LogP contribution in [0.1, 0.15) is 40.3 Å². The van der Waals surface area contributed by atoms with E-state index < -0.39 is 0 Å². The second-order valence-electron chi connectivity index (χ2n) is 6.83. The molecule has 1 aromatic carbocycles. The lowest BCUT2D eigenvalue weighted by atomic mass is 10.2. The Hall–Kier alpha value is -2.45. The molecule has 0 aliphatic heterocycles. The Morgan fingerprint density at radius 1 is 1.25 bits per heavy atom. The maximum absolute atomic E-state index is 12.9. The molecule has 3 rings (SSSR count). The average molecular weight is 400 g/mol. The summed E-state index contributed by atoms with van der Waals surface area (Å²) >= 11 is 1.35. The summed E-state index contributed by atoms with van der Waals surface area (Å²) in [4.78, 5) is 12.9. The van der Waals surface area contributed by atoms with Gasteiger partial charge in [0.1, 0.15) is 0 Å². The fraction of sp³-hybridized carbons (Fsp3) is 0.400. The second kappa shape index (κ2) is 8.70. The molecule has 0 N–H and O–H groups in total. The van der Waals surface area contributed by atoms with Crippen LogP contribution < -0.4 is 0 Å². The highest BCUT2D eigenvalue weighted by molar-refractivity contribution is 7.99. The van der Waals surface area contributed by atoms with E-state index in [1.807, 2.05) is 51.1 Å². The van der Waals surface area contributed by atoms with Gasteiger partial charge < -0.3 is 9.30 Å². The van der Waals surface area contributed by atoms with Crippen LogP contribution in [0.15, 0.2) is 35.5 Å². The number of carbonyl (C=O) groups is 1. The molecule has 0 aliphatic carbocycles. The van der Waals surface area contributed by atoms with Gasteiger partial charge in [0.2, 0.25) is 5.16 Å². The van der Waals surface area contributed by atoms with Crippen molar-refractivity contribution in [3.63, 3.8) is 0 Å². The molecule has 0 bridgehead atoms. The van der Waals surface area contributed by atoms with Crippen LogP contribution in [-0.2, 0) is 4.74 Å². The molecule has 0 fully saturated rings. The Morgan fingerprint density at radius 3 is 2.71 bits per heavy atom. The lowest BCUT2D eigenvalue weighted by Crippen LogP contribution is -2.15. The number of methoxy groups -OCH3 is 1. The molecule has 0 aliphatic rings. The summed E-state index contributed by atoms with van der Waals surface area (Å²) in [5.74, 6) is 0.336. The third-order valence-corrected chi connectivity index (χ3v) is 5.67. The zero-order chi connectivity index (χ0) is 20.3. The number of aryl methyl sites for hydroxylation is 2. The van der Waals surface area contributed by atoms with Crippen LogP contribution >= 0.6 is 11.8 Å². The molecule has 7 nitrogen and oxygen atoms in total. The Morgan fingerprint density at radius 2 is 2.00 bits per heavy atom. The monoisotopic (exact) mass is 399 g/mol. The smallest absolute Gasteiger partial charge is 0.214 e. The van der Waals surface area contributed by atoms with Crippen LogP contribution in [0.5, 0.6) is 0 Å². The predicted molar refractivity (Wildman–Crippen MR) is 109 cm³/mol. The van der Waals surface area contributed by atoms with Gasteiger partial charge in [-0.15, -0.1) is 5.10 Å². The molecule has 28 heavy (non-hydrogen) atoms. The molecule has 8 heteroatoms. The number of carbonyl (C=O) groups excluding carboxylic acids is 1. The third-order valence-electron chi connectivity index (χ3n) is 4.75. The van der Waals surface area contributed by atoms with Crippen molar-refractivity contribution in [3.8, 4) is 5.69 Å². The van der Waals surface area contributed by atoms with Crippen LogP contribution in [0, 0.1) is 20.8 Å². The summed E-state index contributed by atoms with van der Waals surface area (Å²) in [6, 6.07) is 10.0. The van der Waals surface area contributed by atoms with Gasteiger partial charge in [0.25, 0.3) is 0 Å². The van der Waals surface area contributed by atoms with Crippen molar-refractivity contribution >= 4 is 17.5 Å². The number of hydrogen-bond donors (Lipinski definition) is 0. The van der Waals surface area contributed by atoms with E-state index in [-0.39, 0.29) is 17.6 Å². The first-order valence-corrected chi connectivity index (χ1v) is 10.1. The number of hydrogen-bond acceptors (Lipinski definition) is 6. The Balaban J connectivity index is 1.77. The summed E-state index contributed by atoms with van der Waals surface area (Å²) in [7, 11) is 1.69. The minimum atomic E-state index is 0.0632. The summed E-state index contributed by atoms with van der Waals surface area (Å²) in [6.07, 6.45) is 0. The number of rotatable bonds is 8. The van der Waals surface area contributed by atoms with Crippen molar-refractivity contribution in [1.29, 1.82) is 0 Å². The number of tetrazole rings is 1. The normalized spacial score (nSPS) is 12.3. The van der Waals surface area contributed by atoms with Crippen molar-refractivity contribution in [2.45, 2.75) is 38.9 Å². The van der Waals surface area contributed by atoms with Gasteiger partial charge in [-0.25, -0.2) is 0 Å². The summed E-state index contributed by atoms with van der Waals surface area (Å²) in [5.41, 5.74) is 4.74. The minimum absolute atomic E-state index is 0.0632. The number of benzene rings is 1. The van der Waals surface area contributed by atoms with Crippen LogP contribution in [0.4, 0.5) is 0 Å². The highest BCUT2D eigenvalue weighted by Crippen LogP contribution is 2.25. The number of ether oxygens (including phenoxy) is 1. The maximum atomic E-state index is 12.9. The van der Waals surface area contributed by atoms with Crippen molar-refractivity contribution < 1.29 is 9.53 Å². The van der Waals surface area contributed by atoms with Gasteiger partial charge in [-0.2, -0.15) is 4.68 Å². The van der Waals surface area contributed by atoms with E-state index in [1.165, 1.54) is 11.8 Å². The van der Waals surface area contributed by atoms with Crippen LogP contribution in [-0.4, -0.2) is 50.0 Å². The van der Waals surface area contributed by atoms with E-state index in [0.717, 1.165) is 28.2 Å². The van der Waals surface area contributed by atoms with Crippen molar-refractivity contribution in [1.82, 2.24) is 24.8 Å². The fourth-order valence-electron chi connectivity index (χ4n) is 3.48. The number of para-hydroxylation sites is 1. The van der Waals surface area contributed by atoms with E-state index in [2.05, 4.69) is 27.0 Å². The van der Waals surface area contributed by atoms with E-state index >= 15 is 0 Å². The molecule has 0 saturated carbocycles. The highest BCUT2D eigenvalue weighted by Gasteiger charge is 2.20. The highest BCUT2D eigenvalue weighted by atomic mass is 32.2. The quantitative estimate of drug-likeness (QED) is 0.426. The second-order valence-corrected chi connectivity index (χ2v) is 7.77. The molecule has 148 valence electrons. The minimum Gasteiger partial charge on any atom is -0.383 e. The van der Waals surface area contributed by atoms with Gasteiger partial charge in [0.15, 0.2) is 5.78 Å². The Labute approximate surface area is 169 Å². The number of thioether (sulfide) groups is 1. The molecule has 2 heterocycles. The molecule has 0 unspecified atom stereocenters. The zero-order valence-electron chi connectivity index (χ0n) is 16.8. The predicted octanol–water partition coefficient (Wildman–Crippen LogP) is 3.57. The average Bonchev–Trinajstić information content (AvgIpc) is 3.24. The number of nitrogens with zero attached hydrogens (tertiary/aromatic N) is 5.